The van der Waals surface area contributed by atoms with Crippen LogP contribution >= 0.6 is 0 Å². The van der Waals surface area contributed by atoms with E-state index in [1.165, 1.54) is 10.9 Å². The molecule has 0 radical (unpaired) electrons. The molecule has 0 spiro atoms. The SMILES string of the molecule is COc1ccccc1[C@@H](C)NC(=O)Cn1cnc2ccccc2c1=O. The lowest BCUT2D eigenvalue weighted by Gasteiger charge is -2.17. The van der Waals surface area contributed by atoms with Crippen LogP contribution in [-0.2, 0) is 11.3 Å². The van der Waals surface area contributed by atoms with Gasteiger partial charge in [0, 0.05) is 5.56 Å². The summed E-state index contributed by atoms with van der Waals surface area (Å²) in [5.41, 5.74) is 1.26. The van der Waals surface area contributed by atoms with Crippen molar-refractivity contribution >= 4 is 16.8 Å². The van der Waals surface area contributed by atoms with E-state index in [-0.39, 0.29) is 24.1 Å². The summed E-state index contributed by atoms with van der Waals surface area (Å²) in [5.74, 6) is 0.442. The van der Waals surface area contributed by atoms with Gasteiger partial charge in [0.15, 0.2) is 0 Å². The summed E-state index contributed by atoms with van der Waals surface area (Å²) in [4.78, 5) is 29.0. The Morgan fingerprint density at radius 1 is 1.20 bits per heavy atom. The maximum absolute atomic E-state index is 12.4. The van der Waals surface area contributed by atoms with Crippen LogP contribution in [0.5, 0.6) is 5.75 Å². The Kier molecular flexibility index (Phi) is 4.79. The maximum Gasteiger partial charge on any atom is 0.261 e. The summed E-state index contributed by atoms with van der Waals surface area (Å²) in [7, 11) is 1.59. The molecule has 25 heavy (non-hydrogen) atoms. The van der Waals surface area contributed by atoms with Crippen LogP contribution in [0.4, 0.5) is 0 Å². The Balaban J connectivity index is 1.77. The predicted molar refractivity (Wildman–Crippen MR) is 95.6 cm³/mol. The lowest BCUT2D eigenvalue weighted by Crippen LogP contribution is -2.34. The molecule has 6 heteroatoms. The minimum Gasteiger partial charge on any atom is -0.496 e. The van der Waals surface area contributed by atoms with E-state index in [1.807, 2.05) is 37.3 Å². The summed E-state index contributed by atoms with van der Waals surface area (Å²) in [5, 5.41) is 3.38. The summed E-state index contributed by atoms with van der Waals surface area (Å²) in [6, 6.07) is 14.3. The molecule has 6 nitrogen and oxygen atoms in total. The van der Waals surface area contributed by atoms with Gasteiger partial charge in [0.1, 0.15) is 12.3 Å². The van der Waals surface area contributed by atoms with E-state index in [0.717, 1.165) is 5.56 Å². The zero-order valence-electron chi connectivity index (χ0n) is 14.1. The molecule has 1 N–H and O–H groups in total. The van der Waals surface area contributed by atoms with Crippen LogP contribution in [0, 0.1) is 0 Å². The summed E-state index contributed by atoms with van der Waals surface area (Å²) < 4.78 is 6.63. The molecule has 0 aliphatic rings. The monoisotopic (exact) mass is 337 g/mol. The molecule has 3 aromatic rings. The number of nitrogens with zero attached hydrogens (tertiary/aromatic N) is 2. The van der Waals surface area contributed by atoms with Crippen LogP contribution in [0.2, 0.25) is 0 Å². The van der Waals surface area contributed by atoms with E-state index in [1.54, 1.807) is 25.3 Å². The maximum atomic E-state index is 12.4. The van der Waals surface area contributed by atoms with Crippen molar-refractivity contribution < 1.29 is 9.53 Å². The number of carbonyl (C=O) groups excluding carboxylic acids is 1. The van der Waals surface area contributed by atoms with Crippen LogP contribution in [0.15, 0.2) is 59.7 Å². The van der Waals surface area contributed by atoms with Crippen molar-refractivity contribution in [1.82, 2.24) is 14.9 Å². The van der Waals surface area contributed by atoms with Crippen LogP contribution in [0.3, 0.4) is 0 Å². The van der Waals surface area contributed by atoms with Gasteiger partial charge >= 0.3 is 0 Å². The molecule has 0 bridgehead atoms. The first-order valence-corrected chi connectivity index (χ1v) is 7.96. The molecule has 0 aliphatic carbocycles. The second-order valence-electron chi connectivity index (χ2n) is 5.73. The minimum absolute atomic E-state index is 0.0871. The fourth-order valence-corrected chi connectivity index (χ4v) is 2.76. The lowest BCUT2D eigenvalue weighted by atomic mass is 10.1. The normalized spacial score (nSPS) is 11.9. The molecule has 2 aromatic carbocycles. The number of fused-ring (bicyclic) bond motifs is 1. The van der Waals surface area contributed by atoms with E-state index in [2.05, 4.69) is 10.3 Å². The molecule has 0 saturated heterocycles. The fourth-order valence-electron chi connectivity index (χ4n) is 2.76. The molecule has 1 atom stereocenters. The van der Waals surface area contributed by atoms with Gasteiger partial charge in [-0.15, -0.1) is 0 Å². The number of aromatic nitrogens is 2. The van der Waals surface area contributed by atoms with Gasteiger partial charge in [-0.25, -0.2) is 4.98 Å². The number of para-hydroxylation sites is 2. The molecule has 1 heterocycles. The molecule has 128 valence electrons. The van der Waals surface area contributed by atoms with Crippen molar-refractivity contribution in [3.8, 4) is 5.75 Å². The Morgan fingerprint density at radius 3 is 2.72 bits per heavy atom. The Hall–Kier alpha value is -3.15. The molecule has 0 saturated carbocycles. The van der Waals surface area contributed by atoms with E-state index < -0.39 is 0 Å². The van der Waals surface area contributed by atoms with E-state index in [4.69, 9.17) is 4.74 Å². The van der Waals surface area contributed by atoms with E-state index in [0.29, 0.717) is 16.7 Å². The predicted octanol–water partition coefficient (Wildman–Crippen LogP) is 2.28. The third-order valence-electron chi connectivity index (χ3n) is 4.03. The van der Waals surface area contributed by atoms with Crippen molar-refractivity contribution in [1.29, 1.82) is 0 Å². The number of rotatable bonds is 5. The average molecular weight is 337 g/mol. The number of hydrogen-bond donors (Lipinski definition) is 1. The third kappa shape index (κ3) is 3.52. The van der Waals surface area contributed by atoms with Crippen molar-refractivity contribution in [3.05, 3.63) is 70.8 Å². The highest BCUT2D eigenvalue weighted by molar-refractivity contribution is 5.79. The van der Waals surface area contributed by atoms with Crippen LogP contribution in [0.25, 0.3) is 10.9 Å². The van der Waals surface area contributed by atoms with Gasteiger partial charge in [-0.3, -0.25) is 14.2 Å². The second-order valence-corrected chi connectivity index (χ2v) is 5.73. The van der Waals surface area contributed by atoms with Crippen molar-refractivity contribution in [2.75, 3.05) is 7.11 Å². The molecular formula is C19H19N3O3. The molecule has 1 amide bonds. The third-order valence-corrected chi connectivity index (χ3v) is 4.03. The van der Waals surface area contributed by atoms with Gasteiger partial charge < -0.3 is 10.1 Å². The Morgan fingerprint density at radius 2 is 1.92 bits per heavy atom. The van der Waals surface area contributed by atoms with Gasteiger partial charge in [-0.1, -0.05) is 30.3 Å². The highest BCUT2D eigenvalue weighted by Crippen LogP contribution is 2.24. The van der Waals surface area contributed by atoms with Crippen molar-refractivity contribution in [2.24, 2.45) is 0 Å². The number of carbonyl (C=O) groups is 1. The number of methoxy groups -OCH3 is 1. The van der Waals surface area contributed by atoms with Crippen LogP contribution in [0.1, 0.15) is 18.5 Å². The largest absolute Gasteiger partial charge is 0.496 e. The summed E-state index contributed by atoms with van der Waals surface area (Å²) >= 11 is 0. The van der Waals surface area contributed by atoms with E-state index >= 15 is 0 Å². The van der Waals surface area contributed by atoms with Gasteiger partial charge in [0.2, 0.25) is 5.91 Å². The average Bonchev–Trinajstić information content (AvgIpc) is 2.64. The zero-order chi connectivity index (χ0) is 17.8. The topological polar surface area (TPSA) is 73.2 Å². The van der Waals surface area contributed by atoms with Crippen LogP contribution in [-0.4, -0.2) is 22.6 Å². The standard InChI is InChI=1S/C19H19N3O3/c1-13(14-7-4-6-10-17(14)25-2)21-18(23)11-22-12-20-16-9-5-3-8-15(16)19(22)24/h3-10,12-13H,11H2,1-2H3,(H,21,23)/t13-/m1/s1. The van der Waals surface area contributed by atoms with Gasteiger partial charge in [0.25, 0.3) is 5.56 Å². The first-order valence-electron chi connectivity index (χ1n) is 7.96. The smallest absolute Gasteiger partial charge is 0.261 e. The van der Waals surface area contributed by atoms with Crippen LogP contribution < -0.4 is 15.6 Å². The van der Waals surface area contributed by atoms with Gasteiger partial charge in [-0.05, 0) is 25.1 Å². The first kappa shape index (κ1) is 16.7. The molecule has 3 rings (SSSR count). The highest BCUT2D eigenvalue weighted by Gasteiger charge is 2.14. The molecule has 1 aromatic heterocycles. The number of benzene rings is 2. The molecular weight excluding hydrogens is 318 g/mol. The van der Waals surface area contributed by atoms with Gasteiger partial charge in [-0.2, -0.15) is 0 Å². The number of hydrogen-bond acceptors (Lipinski definition) is 4. The zero-order valence-corrected chi connectivity index (χ0v) is 14.1. The highest BCUT2D eigenvalue weighted by atomic mass is 16.5. The lowest BCUT2D eigenvalue weighted by molar-refractivity contribution is -0.122. The Labute approximate surface area is 145 Å². The molecule has 0 fully saturated rings. The first-order chi connectivity index (χ1) is 12.1. The molecule has 0 aliphatic heterocycles. The van der Waals surface area contributed by atoms with Gasteiger partial charge in [0.05, 0.1) is 30.4 Å². The summed E-state index contributed by atoms with van der Waals surface area (Å²) in [6.45, 7) is 1.79. The van der Waals surface area contributed by atoms with E-state index in [9.17, 15) is 9.59 Å². The van der Waals surface area contributed by atoms with Crippen molar-refractivity contribution in [3.63, 3.8) is 0 Å². The Bertz CT molecular complexity index is 965. The number of amides is 1. The summed E-state index contributed by atoms with van der Waals surface area (Å²) in [6.07, 6.45) is 1.40. The number of ether oxygens (including phenoxy) is 1. The quantitative estimate of drug-likeness (QED) is 0.775. The second kappa shape index (κ2) is 7.17. The molecule has 0 unspecified atom stereocenters. The van der Waals surface area contributed by atoms with Crippen molar-refractivity contribution in [2.45, 2.75) is 19.5 Å². The fraction of sp³-hybridized carbons (Fsp3) is 0.211. The number of nitrogens with one attached hydrogen (secondary N) is 1. The minimum atomic E-state index is -0.266.